The molecular formula is C10H13NSi. The molecular weight excluding hydrogens is 162 g/mol. The molecule has 0 aromatic heterocycles. The lowest BCUT2D eigenvalue weighted by molar-refractivity contribution is 1.03. The van der Waals surface area contributed by atoms with Crippen molar-refractivity contribution >= 4 is 13.8 Å². The molecule has 0 saturated heterocycles. The normalized spacial score (nSPS) is 29.1. The van der Waals surface area contributed by atoms with Crippen LogP contribution in [-0.2, 0) is 0 Å². The van der Waals surface area contributed by atoms with Gasteiger partial charge >= 0.3 is 0 Å². The molecule has 3 aliphatic heterocycles. The number of hydrogen-bond acceptors (Lipinski definition) is 1. The standard InChI is InChI=1S/C10H13NSi/c1-6-9-7-4-5-11-8(7)10(6)12(9,2)3/h4-5H2,1-3H3. The zero-order valence-electron chi connectivity index (χ0n) is 7.86. The van der Waals surface area contributed by atoms with Crippen LogP contribution in [0, 0.1) is 0 Å². The first-order valence-corrected chi connectivity index (χ1v) is 7.64. The van der Waals surface area contributed by atoms with Crippen LogP contribution in [0.3, 0.4) is 0 Å². The number of allylic oxidation sites excluding steroid dienone is 3. The van der Waals surface area contributed by atoms with Gasteiger partial charge in [0.15, 0.2) is 0 Å². The van der Waals surface area contributed by atoms with Crippen LogP contribution in [-0.4, -0.2) is 20.3 Å². The molecule has 0 aromatic carbocycles. The van der Waals surface area contributed by atoms with Gasteiger partial charge in [-0.3, -0.25) is 4.99 Å². The highest BCUT2D eigenvalue weighted by atomic mass is 28.3. The maximum Gasteiger partial charge on any atom is 0.116 e. The van der Waals surface area contributed by atoms with Crippen LogP contribution in [0.2, 0.25) is 13.1 Å². The van der Waals surface area contributed by atoms with Gasteiger partial charge < -0.3 is 0 Å². The zero-order chi connectivity index (χ0) is 8.51. The average molecular weight is 175 g/mol. The summed E-state index contributed by atoms with van der Waals surface area (Å²) in [7, 11) is -1.08. The maximum absolute atomic E-state index is 4.60. The summed E-state index contributed by atoms with van der Waals surface area (Å²) in [6.07, 6.45) is 1.22. The summed E-state index contributed by atoms with van der Waals surface area (Å²) < 4.78 is 0. The minimum Gasteiger partial charge on any atom is -0.285 e. The van der Waals surface area contributed by atoms with E-state index in [0.717, 1.165) is 6.54 Å². The summed E-state index contributed by atoms with van der Waals surface area (Å²) in [5, 5.41) is 3.42. The second-order valence-corrected chi connectivity index (χ2v) is 8.71. The first-order chi connectivity index (χ1) is 5.64. The lowest BCUT2D eigenvalue weighted by Crippen LogP contribution is -2.40. The maximum atomic E-state index is 4.60. The fourth-order valence-corrected chi connectivity index (χ4v) is 7.18. The Kier molecular flexibility index (Phi) is 0.949. The third-order valence-corrected chi connectivity index (χ3v) is 7.24. The van der Waals surface area contributed by atoms with Crippen molar-refractivity contribution in [2.75, 3.05) is 6.54 Å². The average Bonchev–Trinajstić information content (AvgIpc) is 2.48. The van der Waals surface area contributed by atoms with E-state index in [1.54, 1.807) is 21.5 Å². The molecule has 0 saturated carbocycles. The van der Waals surface area contributed by atoms with Crippen molar-refractivity contribution in [2.45, 2.75) is 26.4 Å². The Hall–Kier alpha value is -0.633. The topological polar surface area (TPSA) is 12.4 Å². The minimum atomic E-state index is -1.08. The molecule has 0 spiro atoms. The summed E-state index contributed by atoms with van der Waals surface area (Å²) in [4.78, 5) is 4.60. The fourth-order valence-electron chi connectivity index (χ4n) is 3.17. The Morgan fingerprint density at radius 3 is 2.58 bits per heavy atom. The van der Waals surface area contributed by atoms with E-state index in [2.05, 4.69) is 25.0 Å². The van der Waals surface area contributed by atoms with Gasteiger partial charge in [-0.25, -0.2) is 0 Å². The number of aliphatic imine (C=N–C) groups is 1. The molecule has 0 amide bonds. The van der Waals surface area contributed by atoms with Crippen molar-refractivity contribution in [2.24, 2.45) is 4.99 Å². The first-order valence-electron chi connectivity index (χ1n) is 4.64. The highest BCUT2D eigenvalue weighted by molar-refractivity contribution is 7.02. The van der Waals surface area contributed by atoms with Crippen LogP contribution >= 0.6 is 0 Å². The van der Waals surface area contributed by atoms with Gasteiger partial charge in [-0.1, -0.05) is 13.1 Å². The van der Waals surface area contributed by atoms with Gasteiger partial charge in [0, 0.05) is 6.54 Å². The molecule has 0 N–H and O–H groups in total. The van der Waals surface area contributed by atoms with Gasteiger partial charge in [-0.15, -0.1) is 0 Å². The van der Waals surface area contributed by atoms with Gasteiger partial charge in [-0.05, 0) is 34.9 Å². The van der Waals surface area contributed by atoms with E-state index in [1.807, 2.05) is 0 Å². The van der Waals surface area contributed by atoms with Gasteiger partial charge in [0.1, 0.15) is 8.07 Å². The summed E-state index contributed by atoms with van der Waals surface area (Å²) in [6.45, 7) is 8.24. The highest BCUT2D eigenvalue weighted by Gasteiger charge is 2.53. The molecule has 12 heavy (non-hydrogen) atoms. The van der Waals surface area contributed by atoms with E-state index in [9.17, 15) is 0 Å². The van der Waals surface area contributed by atoms with E-state index < -0.39 is 8.07 Å². The van der Waals surface area contributed by atoms with Crippen LogP contribution in [0.15, 0.2) is 26.5 Å². The Balaban J connectivity index is 2.32. The van der Waals surface area contributed by atoms with E-state index in [0.29, 0.717) is 0 Å². The van der Waals surface area contributed by atoms with Crippen molar-refractivity contribution in [3.63, 3.8) is 0 Å². The van der Waals surface area contributed by atoms with E-state index in [4.69, 9.17) is 0 Å². The zero-order valence-corrected chi connectivity index (χ0v) is 8.86. The second kappa shape index (κ2) is 1.67. The molecule has 0 radical (unpaired) electrons. The smallest absolute Gasteiger partial charge is 0.116 e. The van der Waals surface area contributed by atoms with Crippen molar-refractivity contribution in [3.8, 4) is 0 Å². The number of nitrogens with zero attached hydrogens (tertiary/aromatic N) is 1. The molecule has 62 valence electrons. The van der Waals surface area contributed by atoms with Crippen LogP contribution in [0.4, 0.5) is 0 Å². The molecule has 0 fully saturated rings. The lowest BCUT2D eigenvalue weighted by Gasteiger charge is -2.34. The predicted molar refractivity (Wildman–Crippen MR) is 54.1 cm³/mol. The molecule has 0 aromatic rings. The number of hydrogen-bond donors (Lipinski definition) is 0. The van der Waals surface area contributed by atoms with E-state index in [1.165, 1.54) is 12.1 Å². The van der Waals surface area contributed by atoms with Crippen LogP contribution in [0.25, 0.3) is 0 Å². The second-order valence-electron chi connectivity index (χ2n) is 4.46. The quantitative estimate of drug-likeness (QED) is 0.501. The minimum absolute atomic E-state index is 1.05. The third kappa shape index (κ3) is 0.470. The molecule has 1 aliphatic carbocycles. The third-order valence-electron chi connectivity index (χ3n) is 3.46. The molecule has 4 aliphatic rings. The molecule has 2 heteroatoms. The summed E-state index contributed by atoms with van der Waals surface area (Å²) >= 11 is 0. The van der Waals surface area contributed by atoms with E-state index >= 15 is 0 Å². The van der Waals surface area contributed by atoms with Gasteiger partial charge in [-0.2, -0.15) is 0 Å². The molecule has 0 unspecified atom stereocenters. The fraction of sp³-hybridized carbons (Fsp3) is 0.500. The van der Waals surface area contributed by atoms with Gasteiger partial charge in [0.05, 0.1) is 5.71 Å². The van der Waals surface area contributed by atoms with Crippen LogP contribution in [0.5, 0.6) is 0 Å². The molecule has 0 atom stereocenters. The van der Waals surface area contributed by atoms with Crippen molar-refractivity contribution in [1.82, 2.24) is 0 Å². The lowest BCUT2D eigenvalue weighted by atomic mass is 10.2. The van der Waals surface area contributed by atoms with Crippen molar-refractivity contribution in [3.05, 3.63) is 21.5 Å². The SMILES string of the molecule is CC1=C2C3=NCCC3=C1[Si]2(C)C. The Morgan fingerprint density at radius 1 is 1.25 bits per heavy atom. The van der Waals surface area contributed by atoms with Gasteiger partial charge in [0.2, 0.25) is 0 Å². The Bertz CT molecular complexity index is 383. The van der Waals surface area contributed by atoms with E-state index in [-0.39, 0.29) is 0 Å². The molecule has 4 rings (SSSR count). The monoisotopic (exact) mass is 175 g/mol. The van der Waals surface area contributed by atoms with Crippen LogP contribution in [0.1, 0.15) is 13.3 Å². The number of rotatable bonds is 0. The Labute approximate surface area is 73.9 Å². The molecule has 2 bridgehead atoms. The highest BCUT2D eigenvalue weighted by Crippen LogP contribution is 2.53. The summed E-state index contributed by atoms with van der Waals surface area (Å²) in [5.74, 6) is 0. The summed E-state index contributed by atoms with van der Waals surface area (Å²) in [6, 6.07) is 0. The predicted octanol–water partition coefficient (Wildman–Crippen LogP) is 2.26. The van der Waals surface area contributed by atoms with Crippen LogP contribution < -0.4 is 0 Å². The van der Waals surface area contributed by atoms with Gasteiger partial charge in [0.25, 0.3) is 0 Å². The Morgan fingerprint density at radius 2 is 2.00 bits per heavy atom. The van der Waals surface area contributed by atoms with Crippen molar-refractivity contribution in [1.29, 1.82) is 0 Å². The first kappa shape index (κ1) is 6.84. The summed E-state index contributed by atoms with van der Waals surface area (Å²) in [5.41, 5.74) is 4.62. The van der Waals surface area contributed by atoms with Crippen molar-refractivity contribution < 1.29 is 0 Å². The molecule has 1 nitrogen and oxygen atoms in total. The molecule has 3 heterocycles. The largest absolute Gasteiger partial charge is 0.285 e.